The van der Waals surface area contributed by atoms with Gasteiger partial charge in [0.15, 0.2) is 0 Å². The van der Waals surface area contributed by atoms with Crippen molar-refractivity contribution in [3.8, 4) is 5.75 Å². The summed E-state index contributed by atoms with van der Waals surface area (Å²) in [7, 11) is 0. The summed E-state index contributed by atoms with van der Waals surface area (Å²) in [4.78, 5) is 2.44. The van der Waals surface area contributed by atoms with E-state index >= 15 is 0 Å². The van der Waals surface area contributed by atoms with Crippen molar-refractivity contribution in [2.24, 2.45) is 0 Å². The number of nitrogens with zero attached hydrogens (tertiary/aromatic N) is 1. The summed E-state index contributed by atoms with van der Waals surface area (Å²) in [6.07, 6.45) is 1.38. The largest absolute Gasteiger partial charge is 0.490 e. The number of fused-ring (bicyclic) bond motifs is 1. The Hall–Kier alpha value is -1.06. The van der Waals surface area contributed by atoms with Gasteiger partial charge in [0.25, 0.3) is 0 Å². The van der Waals surface area contributed by atoms with E-state index in [-0.39, 0.29) is 0 Å². The molecular weight excluding hydrogens is 236 g/mol. The van der Waals surface area contributed by atoms with E-state index in [0.29, 0.717) is 6.10 Å². The molecule has 0 saturated heterocycles. The summed E-state index contributed by atoms with van der Waals surface area (Å²) in [6.45, 7) is 11.9. The van der Waals surface area contributed by atoms with Gasteiger partial charge in [-0.05, 0) is 37.2 Å². The Bertz CT molecular complexity index is 402. The lowest BCUT2D eigenvalue weighted by Gasteiger charge is -2.18. The van der Waals surface area contributed by atoms with Gasteiger partial charge in [-0.3, -0.25) is 0 Å². The van der Waals surface area contributed by atoms with Crippen LogP contribution in [0.3, 0.4) is 0 Å². The smallest absolute Gasteiger partial charge is 0.123 e. The first-order valence-corrected chi connectivity index (χ1v) is 7.44. The van der Waals surface area contributed by atoms with Crippen LogP contribution >= 0.6 is 0 Å². The summed E-state index contributed by atoms with van der Waals surface area (Å²) in [5.41, 5.74) is 2.71. The predicted molar refractivity (Wildman–Crippen MR) is 79.7 cm³/mol. The number of rotatable bonds is 7. The number of hydrogen-bond donors (Lipinski definition) is 1. The molecule has 19 heavy (non-hydrogen) atoms. The zero-order chi connectivity index (χ0) is 13.7. The second-order valence-electron chi connectivity index (χ2n) is 5.28. The van der Waals surface area contributed by atoms with Gasteiger partial charge in [-0.25, -0.2) is 0 Å². The van der Waals surface area contributed by atoms with Crippen LogP contribution in [0.25, 0.3) is 0 Å². The monoisotopic (exact) mass is 262 g/mol. The minimum atomic E-state index is 0.334. The molecule has 0 fully saturated rings. The van der Waals surface area contributed by atoms with Crippen molar-refractivity contribution < 1.29 is 4.74 Å². The first-order valence-electron chi connectivity index (χ1n) is 7.44. The van der Waals surface area contributed by atoms with E-state index in [4.69, 9.17) is 4.74 Å². The molecule has 1 unspecified atom stereocenters. The van der Waals surface area contributed by atoms with Gasteiger partial charge in [-0.15, -0.1) is 0 Å². The lowest BCUT2D eigenvalue weighted by atomic mass is 10.1. The highest BCUT2D eigenvalue weighted by Gasteiger charge is 2.18. The Kier molecular flexibility index (Phi) is 5.23. The Morgan fingerprint density at radius 3 is 2.84 bits per heavy atom. The van der Waals surface area contributed by atoms with Crippen LogP contribution < -0.4 is 10.1 Å². The maximum atomic E-state index is 5.72. The summed E-state index contributed by atoms with van der Waals surface area (Å²) in [5, 5.41) is 3.52. The Labute approximate surface area is 116 Å². The zero-order valence-electron chi connectivity index (χ0n) is 12.4. The summed E-state index contributed by atoms with van der Waals surface area (Å²) < 4.78 is 5.72. The molecule has 3 nitrogen and oxygen atoms in total. The van der Waals surface area contributed by atoms with Gasteiger partial charge in [0.1, 0.15) is 11.9 Å². The first kappa shape index (κ1) is 14.4. The number of benzene rings is 1. The highest BCUT2D eigenvalue weighted by molar-refractivity contribution is 5.40. The van der Waals surface area contributed by atoms with Crippen LogP contribution in [0.5, 0.6) is 5.75 Å². The Morgan fingerprint density at radius 1 is 1.32 bits per heavy atom. The van der Waals surface area contributed by atoms with Crippen LogP contribution in [0.4, 0.5) is 0 Å². The minimum Gasteiger partial charge on any atom is -0.490 e. The quantitative estimate of drug-likeness (QED) is 0.764. The Balaban J connectivity index is 1.76. The van der Waals surface area contributed by atoms with E-state index in [9.17, 15) is 0 Å². The third-order valence-electron chi connectivity index (χ3n) is 3.79. The summed E-state index contributed by atoms with van der Waals surface area (Å²) in [5.74, 6) is 1.07. The second kappa shape index (κ2) is 6.92. The molecule has 0 bridgehead atoms. The van der Waals surface area contributed by atoms with Gasteiger partial charge in [0.2, 0.25) is 0 Å². The van der Waals surface area contributed by atoms with Crippen LogP contribution in [0.2, 0.25) is 0 Å². The molecule has 1 atom stereocenters. The fraction of sp³-hybridized carbons (Fsp3) is 0.625. The number of nitrogens with one attached hydrogen (secondary N) is 1. The van der Waals surface area contributed by atoms with Crippen LogP contribution in [0, 0.1) is 0 Å². The standard InChI is InChI=1S/C16H26N2O/c1-4-18(5-2)9-8-17-12-14-6-7-16-15(11-14)10-13(3)19-16/h6-7,11,13,17H,4-5,8-10,12H2,1-3H3. The summed E-state index contributed by atoms with van der Waals surface area (Å²) >= 11 is 0. The van der Waals surface area contributed by atoms with Crippen molar-refractivity contribution in [3.63, 3.8) is 0 Å². The minimum absolute atomic E-state index is 0.334. The highest BCUT2D eigenvalue weighted by Crippen LogP contribution is 2.29. The van der Waals surface area contributed by atoms with Crippen LogP contribution in [-0.4, -0.2) is 37.2 Å². The lowest BCUT2D eigenvalue weighted by molar-refractivity contribution is 0.254. The van der Waals surface area contributed by atoms with Crippen LogP contribution in [0.1, 0.15) is 31.9 Å². The third-order valence-corrected chi connectivity index (χ3v) is 3.79. The number of hydrogen-bond acceptors (Lipinski definition) is 3. The first-order chi connectivity index (χ1) is 9.22. The molecule has 3 heteroatoms. The fourth-order valence-electron chi connectivity index (χ4n) is 2.60. The van der Waals surface area contributed by atoms with Crippen molar-refractivity contribution >= 4 is 0 Å². The fourth-order valence-corrected chi connectivity index (χ4v) is 2.60. The molecule has 0 spiro atoms. The zero-order valence-corrected chi connectivity index (χ0v) is 12.4. The molecule has 1 heterocycles. The van der Waals surface area contributed by atoms with E-state index in [0.717, 1.165) is 44.9 Å². The molecule has 0 amide bonds. The van der Waals surface area contributed by atoms with Gasteiger partial charge in [0.05, 0.1) is 0 Å². The SMILES string of the molecule is CCN(CC)CCNCc1ccc2c(c1)CC(C)O2. The highest BCUT2D eigenvalue weighted by atomic mass is 16.5. The van der Waals surface area contributed by atoms with Gasteiger partial charge < -0.3 is 15.0 Å². The van der Waals surface area contributed by atoms with Crippen LogP contribution in [-0.2, 0) is 13.0 Å². The van der Waals surface area contributed by atoms with E-state index in [1.807, 2.05) is 0 Å². The predicted octanol–water partition coefficient (Wildman–Crippen LogP) is 2.44. The average molecular weight is 262 g/mol. The van der Waals surface area contributed by atoms with Gasteiger partial charge in [0, 0.05) is 26.1 Å². The molecule has 0 saturated carbocycles. The average Bonchev–Trinajstić information content (AvgIpc) is 2.78. The lowest BCUT2D eigenvalue weighted by Crippen LogP contribution is -2.31. The van der Waals surface area contributed by atoms with Gasteiger partial charge in [-0.1, -0.05) is 26.0 Å². The molecule has 106 valence electrons. The molecule has 1 aliphatic heterocycles. The second-order valence-corrected chi connectivity index (χ2v) is 5.28. The molecular formula is C16H26N2O. The summed E-state index contributed by atoms with van der Waals surface area (Å²) in [6, 6.07) is 6.56. The molecule has 1 N–H and O–H groups in total. The van der Waals surface area contributed by atoms with E-state index in [2.05, 4.69) is 49.2 Å². The molecule has 2 rings (SSSR count). The van der Waals surface area contributed by atoms with Gasteiger partial charge in [-0.2, -0.15) is 0 Å². The maximum Gasteiger partial charge on any atom is 0.123 e. The number of likely N-dealkylation sites (N-methyl/N-ethyl adjacent to an activating group) is 1. The molecule has 0 aromatic heterocycles. The van der Waals surface area contributed by atoms with E-state index in [1.165, 1.54) is 11.1 Å². The van der Waals surface area contributed by atoms with Crippen LogP contribution in [0.15, 0.2) is 18.2 Å². The molecule has 0 radical (unpaired) electrons. The van der Waals surface area contributed by atoms with E-state index in [1.54, 1.807) is 0 Å². The number of ether oxygens (including phenoxy) is 1. The maximum absolute atomic E-state index is 5.72. The van der Waals surface area contributed by atoms with Crippen molar-refractivity contribution in [1.29, 1.82) is 0 Å². The third kappa shape index (κ3) is 3.95. The van der Waals surface area contributed by atoms with Crippen molar-refractivity contribution in [2.45, 2.75) is 39.8 Å². The van der Waals surface area contributed by atoms with Crippen molar-refractivity contribution in [2.75, 3.05) is 26.2 Å². The molecule has 1 aliphatic rings. The Morgan fingerprint density at radius 2 is 2.11 bits per heavy atom. The van der Waals surface area contributed by atoms with Crippen molar-refractivity contribution in [3.05, 3.63) is 29.3 Å². The van der Waals surface area contributed by atoms with Crippen molar-refractivity contribution in [1.82, 2.24) is 10.2 Å². The topological polar surface area (TPSA) is 24.5 Å². The molecule has 1 aromatic rings. The molecule has 0 aliphatic carbocycles. The van der Waals surface area contributed by atoms with Gasteiger partial charge >= 0.3 is 0 Å². The van der Waals surface area contributed by atoms with E-state index < -0.39 is 0 Å². The normalized spacial score (nSPS) is 17.6. The molecule has 1 aromatic carbocycles.